The number of benzene rings is 6. The second-order valence-corrected chi connectivity index (χ2v) is 31.7. The highest BCUT2D eigenvalue weighted by molar-refractivity contribution is 6.26. The van der Waals surface area contributed by atoms with E-state index in [0.717, 1.165) is 16.7 Å². The summed E-state index contributed by atoms with van der Waals surface area (Å²) < 4.78 is 258. The van der Waals surface area contributed by atoms with Crippen LogP contribution in [0.1, 0.15) is 202 Å². The predicted molar refractivity (Wildman–Crippen MR) is 413 cm³/mol. The van der Waals surface area contributed by atoms with Crippen LogP contribution in [0.3, 0.4) is 0 Å². The lowest BCUT2D eigenvalue weighted by atomic mass is 9.63. The molecule has 7 N–H and O–H groups in total. The van der Waals surface area contributed by atoms with Gasteiger partial charge in [-0.05, 0) is 212 Å². The first-order valence-electron chi connectivity index (χ1n) is 38.5. The van der Waals surface area contributed by atoms with Crippen LogP contribution in [0, 0.1) is 0 Å². The molecule has 666 valence electrons. The van der Waals surface area contributed by atoms with Crippen LogP contribution in [0.4, 0.5) is 88.6 Å². The first-order chi connectivity index (χ1) is 56.5. The number of urea groups is 2. The van der Waals surface area contributed by atoms with E-state index in [9.17, 15) is 114 Å². The number of imide groups is 2. The molecule has 2 aliphatic heterocycles. The minimum atomic E-state index is -4.97. The number of carbonyl (C=O) groups excluding carboxylic acids is 5. The molecule has 5 fully saturated rings. The number of amides is 6. The third kappa shape index (κ3) is 26.2. The maximum atomic E-state index is 13.4. The molecule has 6 aromatic rings. The topological polar surface area (TPSA) is 230 Å². The molecular formula is C85H95Cl2F18N5O11. The van der Waals surface area contributed by atoms with Gasteiger partial charge in [-0.1, -0.05) is 91.0 Å². The van der Waals surface area contributed by atoms with Crippen molar-refractivity contribution in [2.45, 2.75) is 205 Å². The number of hydrogen-bond donors (Lipinski definition) is 6. The van der Waals surface area contributed by atoms with Crippen LogP contribution in [0.25, 0.3) is 0 Å². The summed E-state index contributed by atoms with van der Waals surface area (Å²) in [6.07, 6.45) is -26.1. The van der Waals surface area contributed by atoms with Crippen molar-refractivity contribution in [3.05, 3.63) is 219 Å². The van der Waals surface area contributed by atoms with Gasteiger partial charge in [-0.15, -0.1) is 23.2 Å². The van der Waals surface area contributed by atoms with Gasteiger partial charge in [0.25, 0.3) is 0 Å². The number of aliphatic hydroxyl groups excluding tert-OH is 3. The quantitative estimate of drug-likeness (QED) is 0.0144. The fraction of sp³-hybridized carbons (Fsp3) is 0.506. The molecule has 0 unspecified atom stereocenters. The third-order valence-corrected chi connectivity index (χ3v) is 23.8. The van der Waals surface area contributed by atoms with E-state index in [1.807, 2.05) is 91.0 Å². The number of aliphatic hydroxyl groups is 3. The molecule has 6 amide bonds. The summed E-state index contributed by atoms with van der Waals surface area (Å²) in [5.74, 6) is 1.50. The molecule has 5 aliphatic rings. The Morgan fingerprint density at radius 3 is 0.818 bits per heavy atom. The molecule has 2 heterocycles. The summed E-state index contributed by atoms with van der Waals surface area (Å²) in [5.41, 5.74) is -3.76. The first-order valence-corrected chi connectivity index (χ1v) is 39.6. The first kappa shape index (κ1) is 99.8. The van der Waals surface area contributed by atoms with Crippen molar-refractivity contribution in [3.63, 3.8) is 0 Å². The van der Waals surface area contributed by atoms with E-state index in [4.69, 9.17) is 47.9 Å². The summed E-state index contributed by atoms with van der Waals surface area (Å²) in [4.78, 5) is 60.2. The summed E-state index contributed by atoms with van der Waals surface area (Å²) in [6, 6.07) is 31.3. The zero-order valence-corrected chi connectivity index (χ0v) is 67.6. The Morgan fingerprint density at radius 1 is 0.405 bits per heavy atom. The van der Waals surface area contributed by atoms with E-state index in [0.29, 0.717) is 132 Å². The van der Waals surface area contributed by atoms with Crippen molar-refractivity contribution in [1.29, 1.82) is 0 Å². The lowest BCUT2D eigenvalue weighted by Gasteiger charge is -2.50. The van der Waals surface area contributed by atoms with Crippen LogP contribution >= 0.6 is 23.2 Å². The van der Waals surface area contributed by atoms with Crippen LogP contribution in [-0.2, 0) is 81.9 Å². The molecule has 11 rings (SSSR count). The second kappa shape index (κ2) is 41.5. The highest BCUT2D eigenvalue weighted by Gasteiger charge is 2.54. The van der Waals surface area contributed by atoms with Crippen molar-refractivity contribution in [2.24, 2.45) is 5.73 Å². The average Bonchev–Trinajstić information content (AvgIpc) is 1.74. The van der Waals surface area contributed by atoms with Gasteiger partial charge >= 0.3 is 49.1 Å². The van der Waals surface area contributed by atoms with Gasteiger partial charge in [-0.3, -0.25) is 20.2 Å². The zero-order valence-electron chi connectivity index (χ0n) is 66.1. The van der Waals surface area contributed by atoms with E-state index in [1.54, 1.807) is 0 Å². The van der Waals surface area contributed by atoms with Crippen LogP contribution in [-0.4, -0.2) is 136 Å². The number of nitrogens with zero attached hydrogens (tertiary/aromatic N) is 2. The summed E-state index contributed by atoms with van der Waals surface area (Å²) in [5, 5.41) is 33.4. The number of carbonyl (C=O) groups is 4. The van der Waals surface area contributed by atoms with Gasteiger partial charge in [0.05, 0.1) is 71.5 Å². The molecule has 16 nitrogen and oxygen atoms in total. The van der Waals surface area contributed by atoms with Crippen LogP contribution < -0.4 is 16.4 Å². The van der Waals surface area contributed by atoms with Gasteiger partial charge in [0.15, 0.2) is 0 Å². The van der Waals surface area contributed by atoms with Crippen molar-refractivity contribution < 1.29 is 133 Å². The largest absolute Gasteiger partial charge is 0.416 e. The lowest BCUT2D eigenvalue weighted by molar-refractivity contribution is -0.145. The molecule has 0 spiro atoms. The minimum Gasteiger partial charge on any atom is -0.396 e. The molecule has 3 atom stereocenters. The van der Waals surface area contributed by atoms with Gasteiger partial charge < -0.3 is 45.1 Å². The predicted octanol–water partition coefficient (Wildman–Crippen LogP) is 19.8. The molecule has 121 heavy (non-hydrogen) atoms. The van der Waals surface area contributed by atoms with Crippen molar-refractivity contribution in [3.8, 4) is 0 Å². The number of halogens is 20. The number of alkyl halides is 20. The van der Waals surface area contributed by atoms with Crippen molar-refractivity contribution in [1.82, 2.24) is 20.4 Å². The van der Waals surface area contributed by atoms with E-state index < -0.39 is 145 Å². The Morgan fingerprint density at radius 2 is 0.628 bits per heavy atom. The number of nitrogens with one attached hydrogen (secondary N) is 2. The molecule has 36 heteroatoms. The van der Waals surface area contributed by atoms with E-state index in [-0.39, 0.29) is 100 Å². The fourth-order valence-electron chi connectivity index (χ4n) is 16.2. The van der Waals surface area contributed by atoms with Gasteiger partial charge in [0, 0.05) is 64.4 Å². The lowest BCUT2D eigenvalue weighted by Crippen LogP contribution is -2.55. The summed E-state index contributed by atoms with van der Waals surface area (Å²) >= 11 is 10.1. The summed E-state index contributed by atoms with van der Waals surface area (Å²) in [6.45, 7) is 6.37. The molecule has 3 saturated carbocycles. The standard InChI is InChI=1S/2C28H30F6N2O4.C25H29F6NO2.C2H4Cl2.C2H2O/c2*1-18(19-13-21(27(29,30)31)15-22(14-19)28(32,33)34)40-17-25(20-5-3-2-4-6-20)7-9-26(10-8-25,11-12-37)36-16-23(38)35-24(36)39;1-17(18-13-20(24(26,27)28)15-21(14-18)25(29,30)31)34-16-22(19-5-3-2-4-6-19)7-9-23(32,10-8-22)11-12-33;3-1-2-4;1-2-3/h2*2-6,13-15,18,37H,7-12,16-17H2,1H3,(H,35,38,39);2-6,13-15,17,33H,7-12,16,32H2,1H3;1-2H2;1H2/t2*18-,25?,26?;17-,22?,23?;;/m111../s1. The SMILES string of the molecule is C=C=O.C[C@@H](OCC1(c2ccccc2)CCC(CCO)(N2CC(=O)NC2=O)CC1)c1cc(C(F)(F)F)cc(C(F)(F)F)c1.C[C@@H](OCC1(c2ccccc2)CCC(CCO)(N2CC(=O)NC2=O)CC1)c1cc(C(F)(F)F)cc(C(F)(F)F)c1.C[C@@H](OCC1(c2ccccc2)CCC(N)(CCO)CC1)c1cc(C(F)(F)F)cc(C(F)(F)F)c1.ClCCCl. The molecule has 2 saturated heterocycles. The normalized spacial score (nSPS) is 23.6. The van der Waals surface area contributed by atoms with Crippen LogP contribution in [0.15, 0.2) is 152 Å². The van der Waals surface area contributed by atoms with Gasteiger partial charge in [-0.25, -0.2) is 14.4 Å². The Labute approximate surface area is 697 Å². The Bertz CT molecular complexity index is 4120. The molecule has 0 bridgehead atoms. The number of hydrogen-bond acceptors (Lipinski definition) is 12. The summed E-state index contributed by atoms with van der Waals surface area (Å²) in [7, 11) is 0. The van der Waals surface area contributed by atoms with Crippen LogP contribution in [0.2, 0.25) is 0 Å². The monoisotopic (exact) mass is 1770 g/mol. The fourth-order valence-corrected chi connectivity index (χ4v) is 16.2. The third-order valence-electron chi connectivity index (χ3n) is 23.3. The Hall–Kier alpha value is -8.31. The Balaban J connectivity index is 0.000000241. The van der Waals surface area contributed by atoms with Crippen molar-refractivity contribution in [2.75, 3.05) is 64.5 Å². The van der Waals surface area contributed by atoms with E-state index >= 15 is 0 Å². The number of nitrogens with two attached hydrogens (primary N) is 1. The van der Waals surface area contributed by atoms with Gasteiger partial charge in [-0.2, -0.15) is 79.0 Å². The van der Waals surface area contributed by atoms with Crippen molar-refractivity contribution >= 4 is 53.0 Å². The Kier molecular flexibility index (Phi) is 34.2. The highest BCUT2D eigenvalue weighted by Crippen LogP contribution is 2.52. The maximum Gasteiger partial charge on any atom is 0.416 e. The smallest absolute Gasteiger partial charge is 0.396 e. The maximum absolute atomic E-state index is 13.4. The minimum absolute atomic E-state index is 0.00386. The number of rotatable bonds is 24. The molecular weight excluding hydrogens is 1680 g/mol. The molecule has 6 aromatic carbocycles. The molecule has 0 radical (unpaired) electrons. The highest BCUT2D eigenvalue weighted by atomic mass is 35.5. The number of ether oxygens (including phenoxy) is 3. The van der Waals surface area contributed by atoms with E-state index in [2.05, 4.69) is 17.2 Å². The molecule has 0 aromatic heterocycles. The second-order valence-electron chi connectivity index (χ2n) is 30.9. The van der Waals surface area contributed by atoms with E-state index in [1.165, 1.54) is 36.5 Å². The molecule has 3 aliphatic carbocycles. The van der Waals surface area contributed by atoms with Gasteiger partial charge in [0.1, 0.15) is 19.0 Å². The zero-order chi connectivity index (χ0) is 90.0. The average molecular weight is 1780 g/mol. The van der Waals surface area contributed by atoms with Crippen LogP contribution in [0.5, 0.6) is 0 Å². The van der Waals surface area contributed by atoms with Gasteiger partial charge in [0.2, 0.25) is 11.8 Å².